The molecule has 3 nitrogen and oxygen atoms in total. The lowest BCUT2D eigenvalue weighted by molar-refractivity contribution is -0.203. The first-order chi connectivity index (χ1) is 12.5. The number of benzene rings is 2. The lowest BCUT2D eigenvalue weighted by Crippen LogP contribution is -2.51. The van der Waals surface area contributed by atoms with Gasteiger partial charge in [0.2, 0.25) is 5.91 Å². The number of nitrogens with zero attached hydrogens (tertiary/aromatic N) is 1. The standard InChI is InChI=1S/C21H25F3N2O/c1-13(2)9-14-5-6-15-7-8-16(11-17(15)10-14)19(21(22,23)24)26-20(3,4)12-18(27)25-26/h5-8,10-11,13,19H,9,12H2,1-4H3,(H,25,27). The Labute approximate surface area is 157 Å². The fraction of sp³-hybridized carbons (Fsp3) is 0.476. The van der Waals surface area contributed by atoms with E-state index < -0.39 is 23.7 Å². The lowest BCUT2D eigenvalue weighted by Gasteiger charge is -2.38. The van der Waals surface area contributed by atoms with Crippen LogP contribution < -0.4 is 5.43 Å². The van der Waals surface area contributed by atoms with E-state index in [2.05, 4.69) is 19.3 Å². The van der Waals surface area contributed by atoms with Crippen LogP contribution in [0.1, 0.15) is 51.3 Å². The van der Waals surface area contributed by atoms with Crippen LogP contribution in [0.25, 0.3) is 10.8 Å². The molecule has 0 spiro atoms. The van der Waals surface area contributed by atoms with E-state index in [1.165, 1.54) is 6.07 Å². The molecule has 0 aromatic heterocycles. The normalized spacial score (nSPS) is 18.9. The maximum absolute atomic E-state index is 14.0. The van der Waals surface area contributed by atoms with Crippen molar-refractivity contribution >= 4 is 16.7 Å². The van der Waals surface area contributed by atoms with Crippen LogP contribution in [0.2, 0.25) is 0 Å². The van der Waals surface area contributed by atoms with Crippen molar-refractivity contribution in [2.24, 2.45) is 5.92 Å². The summed E-state index contributed by atoms with van der Waals surface area (Å²) in [6.45, 7) is 7.51. The van der Waals surface area contributed by atoms with E-state index in [1.807, 2.05) is 18.2 Å². The Kier molecular flexibility index (Phi) is 4.97. The minimum Gasteiger partial charge on any atom is -0.287 e. The van der Waals surface area contributed by atoms with Gasteiger partial charge in [0, 0.05) is 12.0 Å². The summed E-state index contributed by atoms with van der Waals surface area (Å²) in [7, 11) is 0. The van der Waals surface area contributed by atoms with E-state index in [0.717, 1.165) is 27.8 Å². The Morgan fingerprint density at radius 1 is 1.11 bits per heavy atom. The van der Waals surface area contributed by atoms with Gasteiger partial charge in [0.1, 0.15) is 0 Å². The Balaban J connectivity index is 2.07. The van der Waals surface area contributed by atoms with Crippen molar-refractivity contribution in [2.75, 3.05) is 0 Å². The first-order valence-electron chi connectivity index (χ1n) is 9.15. The number of rotatable bonds is 4. The summed E-state index contributed by atoms with van der Waals surface area (Å²) in [5.74, 6) is 0.0726. The van der Waals surface area contributed by atoms with Crippen molar-refractivity contribution in [3.63, 3.8) is 0 Å². The predicted octanol–water partition coefficient (Wildman–Crippen LogP) is 5.16. The number of carbonyl (C=O) groups excluding carboxylic acids is 1. The van der Waals surface area contributed by atoms with E-state index in [1.54, 1.807) is 26.0 Å². The molecule has 3 rings (SSSR count). The van der Waals surface area contributed by atoms with E-state index >= 15 is 0 Å². The highest BCUT2D eigenvalue weighted by Gasteiger charge is 2.52. The Bertz CT molecular complexity index is 858. The van der Waals surface area contributed by atoms with Crippen molar-refractivity contribution < 1.29 is 18.0 Å². The molecular formula is C21H25F3N2O. The zero-order valence-corrected chi connectivity index (χ0v) is 16.0. The Hall–Kier alpha value is -2.08. The summed E-state index contributed by atoms with van der Waals surface area (Å²) < 4.78 is 42.0. The van der Waals surface area contributed by atoms with Crippen LogP contribution in [0.4, 0.5) is 13.2 Å². The second-order valence-electron chi connectivity index (χ2n) is 8.38. The van der Waals surface area contributed by atoms with Crippen molar-refractivity contribution in [1.29, 1.82) is 0 Å². The van der Waals surface area contributed by atoms with Crippen molar-refractivity contribution in [3.05, 3.63) is 47.5 Å². The second kappa shape index (κ2) is 6.82. The van der Waals surface area contributed by atoms with E-state index in [4.69, 9.17) is 0 Å². The fourth-order valence-electron chi connectivity index (χ4n) is 3.78. The first-order valence-corrected chi connectivity index (χ1v) is 9.15. The zero-order chi connectivity index (χ0) is 20.0. The smallest absolute Gasteiger partial charge is 0.287 e. The molecule has 1 saturated heterocycles. The van der Waals surface area contributed by atoms with Gasteiger partial charge < -0.3 is 0 Å². The summed E-state index contributed by atoms with van der Waals surface area (Å²) in [5.41, 5.74) is 2.72. The van der Waals surface area contributed by atoms with Gasteiger partial charge in [-0.25, -0.2) is 0 Å². The molecule has 1 aliphatic heterocycles. The molecule has 1 N–H and O–H groups in total. The highest BCUT2D eigenvalue weighted by molar-refractivity contribution is 5.84. The summed E-state index contributed by atoms with van der Waals surface area (Å²) >= 11 is 0. The fourth-order valence-corrected chi connectivity index (χ4v) is 3.78. The van der Waals surface area contributed by atoms with Crippen molar-refractivity contribution in [2.45, 2.75) is 58.3 Å². The van der Waals surface area contributed by atoms with Gasteiger partial charge in [0.05, 0.1) is 0 Å². The summed E-state index contributed by atoms with van der Waals surface area (Å²) in [4.78, 5) is 11.8. The van der Waals surface area contributed by atoms with Gasteiger partial charge in [-0.2, -0.15) is 18.2 Å². The van der Waals surface area contributed by atoms with Crippen LogP contribution in [-0.2, 0) is 11.2 Å². The molecule has 6 heteroatoms. The largest absolute Gasteiger partial charge is 0.409 e. The maximum atomic E-state index is 14.0. The number of nitrogens with one attached hydrogen (secondary N) is 1. The van der Waals surface area contributed by atoms with Crippen LogP contribution in [-0.4, -0.2) is 22.6 Å². The average Bonchev–Trinajstić information content (AvgIpc) is 2.77. The third kappa shape index (κ3) is 4.10. The molecular weight excluding hydrogens is 353 g/mol. The number of hydrogen-bond donors (Lipinski definition) is 1. The Morgan fingerprint density at radius 2 is 1.78 bits per heavy atom. The van der Waals surface area contributed by atoms with Crippen LogP contribution in [0, 0.1) is 5.92 Å². The molecule has 1 heterocycles. The minimum absolute atomic E-state index is 0.0334. The molecule has 0 radical (unpaired) electrons. The molecule has 0 aliphatic carbocycles. The van der Waals surface area contributed by atoms with Gasteiger partial charge in [-0.1, -0.05) is 44.2 Å². The molecule has 1 aliphatic rings. The third-order valence-corrected chi connectivity index (χ3v) is 4.95. The first kappa shape index (κ1) is 19.7. The quantitative estimate of drug-likeness (QED) is 0.797. The number of fused-ring (bicyclic) bond motifs is 1. The van der Waals surface area contributed by atoms with Gasteiger partial charge in [-0.3, -0.25) is 10.2 Å². The molecule has 1 fully saturated rings. The van der Waals surface area contributed by atoms with Crippen LogP contribution in [0.3, 0.4) is 0 Å². The average molecular weight is 378 g/mol. The molecule has 1 amide bonds. The van der Waals surface area contributed by atoms with Crippen molar-refractivity contribution in [3.8, 4) is 0 Å². The number of halogens is 3. The highest BCUT2D eigenvalue weighted by atomic mass is 19.4. The molecule has 2 aromatic rings. The molecule has 2 aromatic carbocycles. The van der Waals surface area contributed by atoms with Crippen molar-refractivity contribution in [1.82, 2.24) is 10.4 Å². The van der Waals surface area contributed by atoms with E-state index in [-0.39, 0.29) is 12.0 Å². The number of hydrogen-bond acceptors (Lipinski definition) is 2. The summed E-state index contributed by atoms with van der Waals surface area (Å²) in [6.07, 6.45) is -3.61. The maximum Gasteiger partial charge on any atom is 0.409 e. The van der Waals surface area contributed by atoms with Gasteiger partial charge >= 0.3 is 6.18 Å². The molecule has 1 atom stereocenters. The van der Waals surface area contributed by atoms with Gasteiger partial charge in [-0.15, -0.1) is 0 Å². The number of amides is 1. The molecule has 146 valence electrons. The van der Waals surface area contributed by atoms with Crippen LogP contribution in [0.5, 0.6) is 0 Å². The monoisotopic (exact) mass is 378 g/mol. The predicted molar refractivity (Wildman–Crippen MR) is 100.0 cm³/mol. The van der Waals surface area contributed by atoms with E-state index in [0.29, 0.717) is 5.92 Å². The van der Waals surface area contributed by atoms with Crippen LogP contribution >= 0.6 is 0 Å². The van der Waals surface area contributed by atoms with Gasteiger partial charge in [0.15, 0.2) is 6.04 Å². The molecule has 1 unspecified atom stereocenters. The minimum atomic E-state index is -4.52. The Morgan fingerprint density at radius 3 is 2.33 bits per heavy atom. The topological polar surface area (TPSA) is 32.3 Å². The zero-order valence-electron chi connectivity index (χ0n) is 16.0. The summed E-state index contributed by atoms with van der Waals surface area (Å²) in [6, 6.07) is 8.85. The molecule has 0 saturated carbocycles. The number of carbonyl (C=O) groups is 1. The number of alkyl halides is 3. The number of hydrazine groups is 1. The van der Waals surface area contributed by atoms with Crippen LogP contribution in [0.15, 0.2) is 36.4 Å². The van der Waals surface area contributed by atoms with Gasteiger partial charge in [0.25, 0.3) is 0 Å². The highest BCUT2D eigenvalue weighted by Crippen LogP contribution is 2.43. The second-order valence-corrected chi connectivity index (χ2v) is 8.38. The van der Waals surface area contributed by atoms with Gasteiger partial charge in [-0.05, 0) is 54.2 Å². The SMILES string of the molecule is CC(C)Cc1ccc2ccc(C(N3NC(=O)CC3(C)C)C(F)(F)F)cc2c1. The third-order valence-electron chi connectivity index (χ3n) is 4.95. The molecule has 27 heavy (non-hydrogen) atoms. The molecule has 0 bridgehead atoms. The lowest BCUT2D eigenvalue weighted by atomic mass is 9.94. The van der Waals surface area contributed by atoms with E-state index in [9.17, 15) is 18.0 Å². The summed E-state index contributed by atoms with van der Waals surface area (Å²) in [5, 5.41) is 2.73.